The first kappa shape index (κ1) is 15.2. The second-order valence-electron chi connectivity index (χ2n) is 5.26. The first-order valence-electron chi connectivity index (χ1n) is 7.47. The first-order valence-corrected chi connectivity index (χ1v) is 7.47. The summed E-state index contributed by atoms with van der Waals surface area (Å²) in [7, 11) is 0. The van der Waals surface area contributed by atoms with Gasteiger partial charge in [0, 0.05) is 31.9 Å². The van der Waals surface area contributed by atoms with Crippen molar-refractivity contribution >= 4 is 11.7 Å². The Bertz CT molecular complexity index is 669. The van der Waals surface area contributed by atoms with E-state index in [-0.39, 0.29) is 5.91 Å². The number of aromatic nitrogens is 2. The summed E-state index contributed by atoms with van der Waals surface area (Å²) in [5.74, 6) is 0.631. The van der Waals surface area contributed by atoms with Gasteiger partial charge in [0.2, 0.25) is 0 Å². The maximum Gasteiger partial charge on any atom is 0.257 e. The Morgan fingerprint density at radius 3 is 2.87 bits per heavy atom. The molecule has 3 rings (SSSR count). The Labute approximate surface area is 134 Å². The van der Waals surface area contributed by atoms with Crippen LogP contribution in [0.5, 0.6) is 0 Å². The van der Waals surface area contributed by atoms with Crippen LogP contribution in [-0.4, -0.2) is 37.2 Å². The van der Waals surface area contributed by atoms with Gasteiger partial charge >= 0.3 is 0 Å². The molecule has 1 saturated heterocycles. The van der Waals surface area contributed by atoms with E-state index in [1.165, 1.54) is 12.4 Å². The van der Waals surface area contributed by atoms with Crippen molar-refractivity contribution in [3.05, 3.63) is 59.2 Å². The van der Waals surface area contributed by atoms with Crippen molar-refractivity contribution in [1.29, 1.82) is 0 Å². The number of hydrogen-bond donors (Lipinski definition) is 1. The molecule has 0 spiro atoms. The number of rotatable bonds is 4. The van der Waals surface area contributed by atoms with Gasteiger partial charge in [-0.05, 0) is 17.7 Å². The van der Waals surface area contributed by atoms with E-state index in [1.807, 2.05) is 12.1 Å². The van der Waals surface area contributed by atoms with Crippen molar-refractivity contribution in [1.82, 2.24) is 10.3 Å². The van der Waals surface area contributed by atoms with E-state index < -0.39 is 0 Å². The van der Waals surface area contributed by atoms with Crippen LogP contribution in [0.25, 0.3) is 0 Å². The van der Waals surface area contributed by atoms with Crippen molar-refractivity contribution < 1.29 is 14.3 Å². The Morgan fingerprint density at radius 2 is 2.17 bits per heavy atom. The molecule has 0 atom stereocenters. The van der Waals surface area contributed by atoms with Gasteiger partial charge in [-0.25, -0.2) is 4.98 Å². The van der Waals surface area contributed by atoms with Gasteiger partial charge in [0.05, 0.1) is 13.2 Å². The highest BCUT2D eigenvalue weighted by Crippen LogP contribution is 2.13. The van der Waals surface area contributed by atoms with E-state index in [0.29, 0.717) is 16.8 Å². The van der Waals surface area contributed by atoms with Crippen molar-refractivity contribution in [3.8, 4) is 0 Å². The molecule has 7 nitrogen and oxygen atoms in total. The summed E-state index contributed by atoms with van der Waals surface area (Å²) in [6, 6.07) is 7.03. The number of pyridine rings is 2. The number of carbonyl (C=O) groups excluding carboxylic acids is 1. The molecule has 120 valence electrons. The van der Waals surface area contributed by atoms with E-state index in [4.69, 9.17) is 4.74 Å². The summed E-state index contributed by atoms with van der Waals surface area (Å²) < 4.78 is 5.92. The quantitative estimate of drug-likeness (QED) is 0.656. The van der Waals surface area contributed by atoms with Crippen LogP contribution in [-0.2, 0) is 11.3 Å². The van der Waals surface area contributed by atoms with E-state index in [2.05, 4.69) is 15.2 Å². The van der Waals surface area contributed by atoms with Crippen LogP contribution in [0.2, 0.25) is 0 Å². The van der Waals surface area contributed by atoms with Crippen molar-refractivity contribution in [2.75, 3.05) is 31.2 Å². The summed E-state index contributed by atoms with van der Waals surface area (Å²) in [6.45, 7) is 3.48. The van der Waals surface area contributed by atoms with Gasteiger partial charge in [0.1, 0.15) is 11.4 Å². The Balaban J connectivity index is 1.57. The molecule has 1 aliphatic heterocycles. The van der Waals surface area contributed by atoms with Gasteiger partial charge in [0.25, 0.3) is 5.91 Å². The topological polar surface area (TPSA) is 81.4 Å². The second-order valence-corrected chi connectivity index (χ2v) is 5.26. The van der Waals surface area contributed by atoms with Crippen molar-refractivity contribution in [2.45, 2.75) is 6.54 Å². The monoisotopic (exact) mass is 314 g/mol. The van der Waals surface area contributed by atoms with Crippen LogP contribution in [0.4, 0.5) is 5.82 Å². The van der Waals surface area contributed by atoms with Crippen molar-refractivity contribution in [3.63, 3.8) is 0 Å². The summed E-state index contributed by atoms with van der Waals surface area (Å²) in [5, 5.41) is 13.9. The highest BCUT2D eigenvalue weighted by Gasteiger charge is 2.12. The average molecular weight is 314 g/mol. The molecular formula is C16H18N4O3. The first-order chi connectivity index (χ1) is 11.2. The zero-order valence-corrected chi connectivity index (χ0v) is 12.6. The molecule has 3 heterocycles. The van der Waals surface area contributed by atoms with E-state index in [0.717, 1.165) is 37.7 Å². The van der Waals surface area contributed by atoms with Crippen LogP contribution in [0.15, 0.2) is 42.9 Å². The zero-order valence-electron chi connectivity index (χ0n) is 12.6. The number of anilines is 1. The fourth-order valence-corrected chi connectivity index (χ4v) is 2.37. The fourth-order valence-electron chi connectivity index (χ4n) is 2.37. The number of amides is 1. The number of nitrogens with zero attached hydrogens (tertiary/aromatic N) is 3. The molecule has 1 fully saturated rings. The Hall–Kier alpha value is -2.67. The normalized spacial score (nSPS) is 14.5. The van der Waals surface area contributed by atoms with Crippen LogP contribution >= 0.6 is 0 Å². The lowest BCUT2D eigenvalue weighted by molar-refractivity contribution is -0.605. The van der Waals surface area contributed by atoms with E-state index in [1.54, 1.807) is 18.3 Å². The summed E-state index contributed by atoms with van der Waals surface area (Å²) in [5.41, 5.74) is 1.24. The fraction of sp³-hybridized carbons (Fsp3) is 0.312. The summed E-state index contributed by atoms with van der Waals surface area (Å²) >= 11 is 0. The summed E-state index contributed by atoms with van der Waals surface area (Å²) in [6.07, 6.45) is 4.34. The average Bonchev–Trinajstić information content (AvgIpc) is 2.61. The van der Waals surface area contributed by atoms with Crippen LogP contribution in [0.3, 0.4) is 0 Å². The smallest absolute Gasteiger partial charge is 0.257 e. The predicted molar refractivity (Wildman–Crippen MR) is 83.8 cm³/mol. The number of hydrogen-bond acceptors (Lipinski definition) is 5. The molecule has 23 heavy (non-hydrogen) atoms. The third-order valence-electron chi connectivity index (χ3n) is 3.63. The highest BCUT2D eigenvalue weighted by atomic mass is 16.5. The van der Waals surface area contributed by atoms with Crippen LogP contribution in [0, 0.1) is 5.21 Å². The Morgan fingerprint density at radius 1 is 1.35 bits per heavy atom. The number of morpholine rings is 1. The van der Waals surface area contributed by atoms with E-state index >= 15 is 0 Å². The molecule has 0 saturated carbocycles. The minimum Gasteiger partial charge on any atom is -0.619 e. The number of nitrogens with one attached hydrogen (secondary N) is 1. The maximum atomic E-state index is 12.0. The number of ether oxygens (including phenoxy) is 1. The third kappa shape index (κ3) is 3.95. The van der Waals surface area contributed by atoms with E-state index in [9.17, 15) is 10.0 Å². The molecule has 7 heteroatoms. The minimum absolute atomic E-state index is 0.285. The van der Waals surface area contributed by atoms with Crippen molar-refractivity contribution in [2.24, 2.45) is 0 Å². The zero-order chi connectivity index (χ0) is 16.1. The molecule has 1 aliphatic rings. The van der Waals surface area contributed by atoms with Crippen LogP contribution < -0.4 is 14.9 Å². The lowest BCUT2D eigenvalue weighted by Crippen LogP contribution is -2.36. The van der Waals surface area contributed by atoms with Gasteiger partial charge in [-0.3, -0.25) is 4.79 Å². The van der Waals surface area contributed by atoms with Gasteiger partial charge in [-0.1, -0.05) is 6.07 Å². The molecule has 2 aromatic rings. The van der Waals surface area contributed by atoms with Gasteiger partial charge in [-0.15, -0.1) is 0 Å². The molecule has 0 aromatic carbocycles. The third-order valence-corrected chi connectivity index (χ3v) is 3.63. The SMILES string of the molecule is O=C(NCc1ccc(N2CCOCC2)nc1)c1ccc[n+]([O-])c1. The molecule has 1 amide bonds. The highest BCUT2D eigenvalue weighted by molar-refractivity contribution is 5.93. The molecule has 0 aliphatic carbocycles. The lowest BCUT2D eigenvalue weighted by Gasteiger charge is -2.27. The Kier molecular flexibility index (Phi) is 4.68. The summed E-state index contributed by atoms with van der Waals surface area (Å²) in [4.78, 5) is 18.6. The molecule has 2 aromatic heterocycles. The van der Waals surface area contributed by atoms with Gasteiger partial charge in [-0.2, -0.15) is 4.73 Å². The molecule has 0 unspecified atom stereocenters. The molecular weight excluding hydrogens is 296 g/mol. The lowest BCUT2D eigenvalue weighted by atomic mass is 10.2. The van der Waals surface area contributed by atoms with Crippen LogP contribution in [0.1, 0.15) is 15.9 Å². The van der Waals surface area contributed by atoms with Gasteiger partial charge < -0.3 is 20.2 Å². The minimum atomic E-state index is -0.285. The van der Waals surface area contributed by atoms with Gasteiger partial charge in [0.15, 0.2) is 12.4 Å². The second kappa shape index (κ2) is 7.06. The molecule has 0 bridgehead atoms. The molecule has 0 radical (unpaired) electrons. The standard InChI is InChI=1S/C16H18N4O3/c21-16(14-2-1-5-20(22)12-14)18-11-13-3-4-15(17-10-13)19-6-8-23-9-7-19/h1-5,10,12H,6-9,11H2,(H,18,21). The molecule has 1 N–H and O–H groups in total. The largest absolute Gasteiger partial charge is 0.619 e. The predicted octanol–water partition coefficient (Wildman–Crippen LogP) is 0.482. The maximum absolute atomic E-state index is 12.0. The number of carbonyl (C=O) groups is 1.